The molecule has 6 heteroatoms. The number of fused-ring (bicyclic) bond motifs is 1. The fourth-order valence-corrected chi connectivity index (χ4v) is 5.09. The zero-order chi connectivity index (χ0) is 20.8. The van der Waals surface area contributed by atoms with E-state index in [1.165, 1.54) is 18.4 Å². The van der Waals surface area contributed by atoms with Gasteiger partial charge >= 0.3 is 0 Å². The van der Waals surface area contributed by atoms with Gasteiger partial charge in [0.25, 0.3) is 0 Å². The van der Waals surface area contributed by atoms with Crippen LogP contribution in [0.1, 0.15) is 44.1 Å². The van der Waals surface area contributed by atoms with Gasteiger partial charge in [-0.25, -0.2) is 0 Å². The highest BCUT2D eigenvalue weighted by molar-refractivity contribution is 5.79. The van der Waals surface area contributed by atoms with Crippen LogP contribution in [0.4, 0.5) is 0 Å². The molecular formula is C24H35N3O3. The summed E-state index contributed by atoms with van der Waals surface area (Å²) in [6, 6.07) is 10.6. The van der Waals surface area contributed by atoms with Gasteiger partial charge < -0.3 is 14.5 Å². The highest BCUT2D eigenvalue weighted by Crippen LogP contribution is 2.28. The summed E-state index contributed by atoms with van der Waals surface area (Å²) < 4.78 is 5.90. The highest BCUT2D eigenvalue weighted by Gasteiger charge is 2.37. The molecule has 3 aliphatic rings. The van der Waals surface area contributed by atoms with Crippen LogP contribution < -0.4 is 0 Å². The second-order valence-electron chi connectivity index (χ2n) is 8.84. The van der Waals surface area contributed by atoms with Crippen LogP contribution in [0.25, 0.3) is 0 Å². The van der Waals surface area contributed by atoms with Gasteiger partial charge in [0, 0.05) is 39.1 Å². The van der Waals surface area contributed by atoms with Crippen molar-refractivity contribution < 1.29 is 14.3 Å². The number of piperazine rings is 1. The van der Waals surface area contributed by atoms with E-state index < -0.39 is 0 Å². The van der Waals surface area contributed by atoms with E-state index in [1.807, 2.05) is 23.1 Å². The Hall–Kier alpha value is -1.92. The lowest BCUT2D eigenvalue weighted by Gasteiger charge is -2.44. The van der Waals surface area contributed by atoms with Crippen LogP contribution >= 0.6 is 0 Å². The first-order valence-corrected chi connectivity index (χ1v) is 11.7. The molecule has 0 spiro atoms. The lowest BCUT2D eigenvalue weighted by atomic mass is 9.90. The minimum Gasteiger partial charge on any atom is -0.374 e. The maximum atomic E-state index is 13.0. The predicted molar refractivity (Wildman–Crippen MR) is 116 cm³/mol. The molecule has 2 heterocycles. The summed E-state index contributed by atoms with van der Waals surface area (Å²) in [5.74, 6) is 0.480. The lowest BCUT2D eigenvalue weighted by Crippen LogP contribution is -2.58. The molecule has 1 aromatic carbocycles. The molecule has 0 radical (unpaired) electrons. The summed E-state index contributed by atoms with van der Waals surface area (Å²) in [7, 11) is 0. The second-order valence-corrected chi connectivity index (χ2v) is 8.84. The van der Waals surface area contributed by atoms with E-state index in [1.54, 1.807) is 0 Å². The monoisotopic (exact) mass is 413 g/mol. The van der Waals surface area contributed by atoms with Gasteiger partial charge in [0.1, 0.15) is 0 Å². The van der Waals surface area contributed by atoms with E-state index in [4.69, 9.17) is 4.74 Å². The average molecular weight is 414 g/mol. The van der Waals surface area contributed by atoms with Crippen LogP contribution in [-0.4, -0.2) is 84.5 Å². The zero-order valence-corrected chi connectivity index (χ0v) is 18.0. The molecule has 1 aliphatic carbocycles. The molecule has 164 valence electrons. The number of nitrogens with zero attached hydrogens (tertiary/aromatic N) is 3. The molecule has 2 unspecified atom stereocenters. The van der Waals surface area contributed by atoms with Crippen molar-refractivity contribution in [2.24, 2.45) is 0 Å². The molecule has 2 atom stereocenters. The van der Waals surface area contributed by atoms with E-state index in [9.17, 15) is 9.59 Å². The minimum absolute atomic E-state index is 0.234. The number of morpholine rings is 1. The molecule has 3 fully saturated rings. The van der Waals surface area contributed by atoms with Crippen molar-refractivity contribution >= 4 is 11.8 Å². The molecule has 1 saturated carbocycles. The normalized spacial score (nSPS) is 25.1. The highest BCUT2D eigenvalue weighted by atomic mass is 16.5. The number of benzene rings is 1. The summed E-state index contributed by atoms with van der Waals surface area (Å²) in [4.78, 5) is 31.8. The Labute approximate surface area is 180 Å². The Morgan fingerprint density at radius 1 is 0.933 bits per heavy atom. The van der Waals surface area contributed by atoms with E-state index >= 15 is 0 Å². The molecule has 0 aromatic heterocycles. The Morgan fingerprint density at radius 3 is 2.50 bits per heavy atom. The number of aryl methyl sites for hydroxylation is 1. The standard InChI is InChI=1S/C24H35N3O3/c28-23(12-6-9-20-7-2-1-3-8-20)26-15-13-25(14-16-26)19-24(29)27-17-18-30-22-11-5-4-10-21(22)27/h1-3,7-8,21-22H,4-6,9-19H2. The first-order valence-electron chi connectivity index (χ1n) is 11.7. The molecule has 1 aromatic rings. The maximum absolute atomic E-state index is 13.0. The summed E-state index contributed by atoms with van der Waals surface area (Å²) in [5, 5.41) is 0. The molecule has 30 heavy (non-hydrogen) atoms. The van der Waals surface area contributed by atoms with E-state index in [-0.39, 0.29) is 24.0 Å². The van der Waals surface area contributed by atoms with Crippen molar-refractivity contribution in [3.63, 3.8) is 0 Å². The Kier molecular flexibility index (Phi) is 7.39. The van der Waals surface area contributed by atoms with Crippen LogP contribution in [0.2, 0.25) is 0 Å². The third kappa shape index (κ3) is 5.41. The first-order chi connectivity index (χ1) is 14.7. The summed E-state index contributed by atoms with van der Waals surface area (Å²) in [6.07, 6.45) is 7.24. The first kappa shape index (κ1) is 21.3. The molecule has 4 rings (SSSR count). The number of hydrogen-bond acceptors (Lipinski definition) is 4. The number of ether oxygens (including phenoxy) is 1. The molecule has 0 bridgehead atoms. The van der Waals surface area contributed by atoms with Crippen LogP contribution in [0.3, 0.4) is 0 Å². The summed E-state index contributed by atoms with van der Waals surface area (Å²) >= 11 is 0. The topological polar surface area (TPSA) is 53.1 Å². The van der Waals surface area contributed by atoms with Gasteiger partial charge in [-0.1, -0.05) is 43.2 Å². The minimum atomic E-state index is 0.234. The SMILES string of the molecule is O=C(CCCc1ccccc1)N1CCN(CC(=O)N2CCOC3CCCCC32)CC1. The zero-order valence-electron chi connectivity index (χ0n) is 18.0. The molecule has 6 nitrogen and oxygen atoms in total. The molecule has 2 amide bonds. The Bertz CT molecular complexity index is 701. The smallest absolute Gasteiger partial charge is 0.237 e. The van der Waals surface area contributed by atoms with E-state index in [0.717, 1.165) is 58.4 Å². The van der Waals surface area contributed by atoms with Crippen molar-refractivity contribution in [3.05, 3.63) is 35.9 Å². The largest absolute Gasteiger partial charge is 0.374 e. The van der Waals surface area contributed by atoms with Crippen LogP contribution in [-0.2, 0) is 20.7 Å². The van der Waals surface area contributed by atoms with Gasteiger partial charge in [0.15, 0.2) is 0 Å². The van der Waals surface area contributed by atoms with Crippen molar-refractivity contribution in [2.75, 3.05) is 45.9 Å². The second kappa shape index (κ2) is 10.4. The van der Waals surface area contributed by atoms with Crippen LogP contribution in [0.5, 0.6) is 0 Å². The van der Waals surface area contributed by atoms with Crippen molar-refractivity contribution in [3.8, 4) is 0 Å². The van der Waals surface area contributed by atoms with Crippen molar-refractivity contribution in [2.45, 2.75) is 57.1 Å². The fourth-order valence-electron chi connectivity index (χ4n) is 5.09. The summed E-state index contributed by atoms with van der Waals surface area (Å²) in [5.41, 5.74) is 1.29. The lowest BCUT2D eigenvalue weighted by molar-refractivity contribution is -0.151. The van der Waals surface area contributed by atoms with Crippen molar-refractivity contribution in [1.82, 2.24) is 14.7 Å². The van der Waals surface area contributed by atoms with Gasteiger partial charge in [0.05, 0.1) is 25.3 Å². The summed E-state index contributed by atoms with van der Waals surface area (Å²) in [6.45, 7) is 4.89. The number of carbonyl (C=O) groups excluding carboxylic acids is 2. The maximum Gasteiger partial charge on any atom is 0.237 e. The van der Waals surface area contributed by atoms with Gasteiger partial charge in [-0.3, -0.25) is 14.5 Å². The average Bonchev–Trinajstić information content (AvgIpc) is 2.80. The predicted octanol–water partition coefficient (Wildman–Crippen LogP) is 2.32. The van der Waals surface area contributed by atoms with Crippen molar-refractivity contribution in [1.29, 1.82) is 0 Å². The van der Waals surface area contributed by atoms with E-state index in [2.05, 4.69) is 21.9 Å². The Balaban J connectivity index is 1.18. The third-order valence-electron chi connectivity index (χ3n) is 6.84. The van der Waals surface area contributed by atoms with Gasteiger partial charge in [-0.2, -0.15) is 0 Å². The quantitative estimate of drug-likeness (QED) is 0.718. The number of hydrogen-bond donors (Lipinski definition) is 0. The fraction of sp³-hybridized carbons (Fsp3) is 0.667. The van der Waals surface area contributed by atoms with E-state index in [0.29, 0.717) is 19.6 Å². The Morgan fingerprint density at radius 2 is 1.70 bits per heavy atom. The molecular weight excluding hydrogens is 378 g/mol. The molecule has 2 saturated heterocycles. The molecule has 0 N–H and O–H groups in total. The third-order valence-corrected chi connectivity index (χ3v) is 6.84. The molecule has 2 aliphatic heterocycles. The number of amides is 2. The van der Waals surface area contributed by atoms with Crippen LogP contribution in [0, 0.1) is 0 Å². The van der Waals surface area contributed by atoms with Crippen LogP contribution in [0.15, 0.2) is 30.3 Å². The number of rotatable bonds is 6. The van der Waals surface area contributed by atoms with Gasteiger partial charge in [-0.05, 0) is 31.2 Å². The number of carbonyl (C=O) groups is 2. The van der Waals surface area contributed by atoms with Gasteiger partial charge in [0.2, 0.25) is 11.8 Å². The van der Waals surface area contributed by atoms with Gasteiger partial charge in [-0.15, -0.1) is 0 Å².